The molecular formula is C18H28N2O3. The summed E-state index contributed by atoms with van der Waals surface area (Å²) in [6.45, 7) is 4.49. The van der Waals surface area contributed by atoms with E-state index >= 15 is 0 Å². The Balaban J connectivity index is 2.06. The number of amides is 1. The van der Waals surface area contributed by atoms with Gasteiger partial charge >= 0.3 is 0 Å². The average molecular weight is 320 g/mol. The number of likely N-dealkylation sites (N-methyl/N-ethyl adjacent to an activating group) is 1. The van der Waals surface area contributed by atoms with Crippen LogP contribution in [0.4, 0.5) is 0 Å². The van der Waals surface area contributed by atoms with Crippen molar-refractivity contribution in [2.75, 3.05) is 27.2 Å². The second-order valence-electron chi connectivity index (χ2n) is 7.32. The Hall–Kier alpha value is -1.43. The minimum Gasteiger partial charge on any atom is -0.390 e. The zero-order valence-corrected chi connectivity index (χ0v) is 14.5. The molecule has 1 fully saturated rings. The highest BCUT2D eigenvalue weighted by Gasteiger charge is 2.35. The van der Waals surface area contributed by atoms with Crippen molar-refractivity contribution in [1.82, 2.24) is 9.80 Å². The number of rotatable bonds is 5. The minimum atomic E-state index is -0.710. The van der Waals surface area contributed by atoms with Crippen LogP contribution >= 0.6 is 0 Å². The third-order valence-electron chi connectivity index (χ3n) is 4.41. The molecule has 5 nitrogen and oxygen atoms in total. The summed E-state index contributed by atoms with van der Waals surface area (Å²) in [5.41, 5.74) is 0.976. The first-order valence-electron chi connectivity index (χ1n) is 8.12. The van der Waals surface area contributed by atoms with Crippen molar-refractivity contribution in [3.63, 3.8) is 0 Å². The fraction of sp³-hybridized carbons (Fsp3) is 0.611. The molecule has 1 saturated heterocycles. The van der Waals surface area contributed by atoms with Gasteiger partial charge in [-0.3, -0.25) is 4.79 Å². The second-order valence-corrected chi connectivity index (χ2v) is 7.32. The number of hydrogen-bond acceptors (Lipinski definition) is 4. The van der Waals surface area contributed by atoms with Gasteiger partial charge in [0.05, 0.1) is 17.7 Å². The molecule has 0 unspecified atom stereocenters. The number of nitrogens with zero attached hydrogens (tertiary/aromatic N) is 2. The first-order valence-corrected chi connectivity index (χ1v) is 8.12. The lowest BCUT2D eigenvalue weighted by Gasteiger charge is -2.21. The molecule has 1 amide bonds. The number of hydrogen-bond donors (Lipinski definition) is 2. The standard InChI is InChI=1S/C18H28N2O3/c1-18(2,23)9-8-13-6-5-7-14(10-13)17(22)20-11-15(19(3)4)16(21)12-20/h5-7,10,15-16,21,23H,8-9,11-12H2,1-4H3/t15-,16-/m1/s1. The predicted octanol–water partition coefficient (Wildman–Crippen LogP) is 1.14. The number of carbonyl (C=O) groups is 1. The van der Waals surface area contributed by atoms with Crippen LogP contribution in [-0.4, -0.2) is 70.9 Å². The number of carbonyl (C=O) groups excluding carboxylic acids is 1. The van der Waals surface area contributed by atoms with E-state index in [1.54, 1.807) is 18.7 Å². The van der Waals surface area contributed by atoms with Crippen molar-refractivity contribution < 1.29 is 15.0 Å². The SMILES string of the molecule is CN(C)[C@@H]1CN(C(=O)c2cccc(CCC(C)(C)O)c2)C[C@H]1O. The minimum absolute atomic E-state index is 0.0164. The summed E-state index contributed by atoms with van der Waals surface area (Å²) < 4.78 is 0. The first-order chi connectivity index (χ1) is 10.7. The Bertz CT molecular complexity index is 551. The van der Waals surface area contributed by atoms with E-state index in [1.165, 1.54) is 0 Å². The van der Waals surface area contributed by atoms with Gasteiger partial charge in [-0.05, 0) is 58.5 Å². The van der Waals surface area contributed by atoms with Crippen LogP contribution in [0.3, 0.4) is 0 Å². The molecule has 1 aliphatic heterocycles. The maximum atomic E-state index is 12.7. The van der Waals surface area contributed by atoms with Gasteiger partial charge in [0, 0.05) is 18.7 Å². The molecule has 2 atom stereocenters. The highest BCUT2D eigenvalue weighted by atomic mass is 16.3. The molecule has 23 heavy (non-hydrogen) atoms. The van der Waals surface area contributed by atoms with E-state index in [-0.39, 0.29) is 11.9 Å². The molecular weight excluding hydrogens is 292 g/mol. The maximum absolute atomic E-state index is 12.7. The van der Waals surface area contributed by atoms with E-state index in [2.05, 4.69) is 0 Å². The highest BCUT2D eigenvalue weighted by Crippen LogP contribution is 2.19. The van der Waals surface area contributed by atoms with Crippen molar-refractivity contribution >= 4 is 5.91 Å². The van der Waals surface area contributed by atoms with Crippen LogP contribution in [0.15, 0.2) is 24.3 Å². The summed E-state index contributed by atoms with van der Waals surface area (Å²) >= 11 is 0. The zero-order valence-electron chi connectivity index (χ0n) is 14.5. The normalized spacial score (nSPS) is 22.0. The van der Waals surface area contributed by atoms with Gasteiger partial charge in [0.1, 0.15) is 0 Å². The number of β-amino-alcohol motifs (C(OH)–C–C–N with tert-alkyl or cyclic N) is 1. The van der Waals surface area contributed by atoms with E-state index in [1.807, 2.05) is 43.3 Å². The van der Waals surface area contributed by atoms with Crippen LogP contribution in [0.1, 0.15) is 36.2 Å². The topological polar surface area (TPSA) is 64.0 Å². The Morgan fingerprint density at radius 2 is 2.04 bits per heavy atom. The van der Waals surface area contributed by atoms with Crippen LogP contribution < -0.4 is 0 Å². The number of aryl methyl sites for hydroxylation is 1. The quantitative estimate of drug-likeness (QED) is 0.854. The monoisotopic (exact) mass is 320 g/mol. The summed E-state index contributed by atoms with van der Waals surface area (Å²) in [6, 6.07) is 7.54. The fourth-order valence-electron chi connectivity index (χ4n) is 2.94. The largest absolute Gasteiger partial charge is 0.390 e. The van der Waals surface area contributed by atoms with Crippen molar-refractivity contribution in [1.29, 1.82) is 0 Å². The fourth-order valence-corrected chi connectivity index (χ4v) is 2.94. The smallest absolute Gasteiger partial charge is 0.254 e. The molecule has 1 aromatic carbocycles. The first kappa shape index (κ1) is 17.9. The van der Waals surface area contributed by atoms with Gasteiger partial charge in [0.15, 0.2) is 0 Å². The molecule has 1 aliphatic rings. The Morgan fingerprint density at radius 3 is 2.61 bits per heavy atom. The molecule has 0 aliphatic carbocycles. The molecule has 1 heterocycles. The van der Waals surface area contributed by atoms with Gasteiger partial charge in [-0.15, -0.1) is 0 Å². The third-order valence-corrected chi connectivity index (χ3v) is 4.41. The summed E-state index contributed by atoms with van der Waals surface area (Å²) in [5, 5.41) is 19.9. The Morgan fingerprint density at radius 1 is 1.35 bits per heavy atom. The zero-order chi connectivity index (χ0) is 17.2. The average Bonchev–Trinajstić information content (AvgIpc) is 2.86. The van der Waals surface area contributed by atoms with Crippen LogP contribution in [0.2, 0.25) is 0 Å². The highest BCUT2D eigenvalue weighted by molar-refractivity contribution is 5.94. The lowest BCUT2D eigenvalue weighted by molar-refractivity contribution is 0.0714. The van der Waals surface area contributed by atoms with Crippen LogP contribution in [0.25, 0.3) is 0 Å². The van der Waals surface area contributed by atoms with Crippen molar-refractivity contribution in [2.24, 2.45) is 0 Å². The summed E-state index contributed by atoms with van der Waals surface area (Å²) in [6.07, 6.45) is 0.871. The molecule has 1 aromatic rings. The molecule has 0 bridgehead atoms. The van der Waals surface area contributed by atoms with E-state index in [9.17, 15) is 15.0 Å². The van der Waals surface area contributed by atoms with Gasteiger partial charge in [-0.25, -0.2) is 0 Å². The molecule has 2 N–H and O–H groups in total. The van der Waals surface area contributed by atoms with E-state index < -0.39 is 11.7 Å². The predicted molar refractivity (Wildman–Crippen MR) is 90.4 cm³/mol. The van der Waals surface area contributed by atoms with Gasteiger partial charge in [0.25, 0.3) is 5.91 Å². The summed E-state index contributed by atoms with van der Waals surface area (Å²) in [5.74, 6) is -0.0430. The Labute approximate surface area is 138 Å². The van der Waals surface area contributed by atoms with Gasteiger partial charge in [0.2, 0.25) is 0 Å². The van der Waals surface area contributed by atoms with Gasteiger partial charge in [-0.2, -0.15) is 0 Å². The number of aliphatic hydroxyl groups is 2. The number of likely N-dealkylation sites (tertiary alicyclic amines) is 1. The maximum Gasteiger partial charge on any atom is 0.254 e. The van der Waals surface area contributed by atoms with E-state index in [4.69, 9.17) is 0 Å². The molecule has 2 rings (SSSR count). The second kappa shape index (κ2) is 6.99. The van der Waals surface area contributed by atoms with Gasteiger partial charge < -0.3 is 20.0 Å². The lowest BCUT2D eigenvalue weighted by Crippen LogP contribution is -2.38. The lowest BCUT2D eigenvalue weighted by atomic mass is 9.98. The molecule has 5 heteroatoms. The van der Waals surface area contributed by atoms with Crippen LogP contribution in [-0.2, 0) is 6.42 Å². The molecule has 0 aromatic heterocycles. The van der Waals surface area contributed by atoms with E-state index in [0.717, 1.165) is 12.0 Å². The van der Waals surface area contributed by atoms with Crippen LogP contribution in [0.5, 0.6) is 0 Å². The van der Waals surface area contributed by atoms with Crippen molar-refractivity contribution in [2.45, 2.75) is 44.4 Å². The van der Waals surface area contributed by atoms with Crippen molar-refractivity contribution in [3.8, 4) is 0 Å². The molecule has 0 saturated carbocycles. The number of aliphatic hydroxyl groups excluding tert-OH is 1. The molecule has 0 radical (unpaired) electrons. The van der Waals surface area contributed by atoms with Crippen LogP contribution in [0, 0.1) is 0 Å². The molecule has 0 spiro atoms. The Kier molecular flexibility index (Phi) is 5.45. The van der Waals surface area contributed by atoms with Gasteiger partial charge in [-0.1, -0.05) is 12.1 Å². The molecule has 128 valence electrons. The van der Waals surface area contributed by atoms with E-state index in [0.29, 0.717) is 25.1 Å². The number of benzene rings is 1. The summed E-state index contributed by atoms with van der Waals surface area (Å²) in [7, 11) is 3.83. The van der Waals surface area contributed by atoms with Crippen molar-refractivity contribution in [3.05, 3.63) is 35.4 Å². The third kappa shape index (κ3) is 4.77. The summed E-state index contributed by atoms with van der Waals surface area (Å²) in [4.78, 5) is 16.3.